The Labute approximate surface area is 339 Å². The van der Waals surface area contributed by atoms with E-state index in [1.54, 1.807) is 23.9 Å². The summed E-state index contributed by atoms with van der Waals surface area (Å²) in [6.45, 7) is 5.64. The van der Waals surface area contributed by atoms with Crippen molar-refractivity contribution in [3.8, 4) is 0 Å². The lowest BCUT2D eigenvalue weighted by Crippen LogP contribution is -2.46. The summed E-state index contributed by atoms with van der Waals surface area (Å²) >= 11 is 1.64. The molecule has 1 aliphatic rings. The first-order chi connectivity index (χ1) is 27.5. The summed E-state index contributed by atoms with van der Waals surface area (Å²) < 4.78 is 28.8. The van der Waals surface area contributed by atoms with Gasteiger partial charge in [0.2, 0.25) is 0 Å². The van der Waals surface area contributed by atoms with Crippen LogP contribution in [0, 0.1) is 10.1 Å². The number of benzene rings is 5. The van der Waals surface area contributed by atoms with Crippen LogP contribution in [0.2, 0.25) is 0 Å². The van der Waals surface area contributed by atoms with Crippen LogP contribution in [0.15, 0.2) is 137 Å². The number of piperazine rings is 1. The number of carbonyl (C=O) groups is 1. The van der Waals surface area contributed by atoms with Crippen LogP contribution in [0.1, 0.15) is 27.9 Å². The smallest absolute Gasteiger partial charge is 0.293 e. The van der Waals surface area contributed by atoms with Crippen molar-refractivity contribution in [2.45, 2.75) is 35.3 Å². The Morgan fingerprint density at radius 1 is 0.842 bits per heavy atom. The van der Waals surface area contributed by atoms with Crippen LogP contribution in [0.3, 0.4) is 0 Å². The molecule has 0 saturated carbocycles. The molecule has 0 unspecified atom stereocenters. The number of para-hydroxylation sites is 1. The first kappa shape index (κ1) is 41.2. The maximum Gasteiger partial charge on any atom is 0.293 e. The first-order valence-corrected chi connectivity index (χ1v) is 21.4. The van der Waals surface area contributed by atoms with E-state index in [-0.39, 0.29) is 22.2 Å². The normalized spacial score (nSPS) is 13.9. The van der Waals surface area contributed by atoms with Gasteiger partial charge in [0.15, 0.2) is 0 Å². The second-order valence-electron chi connectivity index (χ2n) is 14.2. The van der Waals surface area contributed by atoms with Gasteiger partial charge in [-0.15, -0.1) is 11.8 Å². The monoisotopic (exact) mass is 807 g/mol. The van der Waals surface area contributed by atoms with Gasteiger partial charge in [0.05, 0.1) is 9.82 Å². The van der Waals surface area contributed by atoms with Gasteiger partial charge in [0, 0.05) is 79.0 Å². The van der Waals surface area contributed by atoms with Crippen molar-refractivity contribution < 1.29 is 18.1 Å². The average molecular weight is 808 g/mol. The van der Waals surface area contributed by atoms with Crippen molar-refractivity contribution in [2.24, 2.45) is 0 Å². The molecule has 5 aromatic rings. The van der Waals surface area contributed by atoms with Crippen molar-refractivity contribution in [3.05, 3.63) is 154 Å². The molecule has 298 valence electrons. The molecule has 0 aromatic heterocycles. The number of anilines is 3. The van der Waals surface area contributed by atoms with Crippen molar-refractivity contribution in [2.75, 3.05) is 68.1 Å². The lowest BCUT2D eigenvalue weighted by atomic mass is 10.1. The Balaban J connectivity index is 1.04. The summed E-state index contributed by atoms with van der Waals surface area (Å²) in [6, 6.07) is 38.9. The molecule has 57 heavy (non-hydrogen) atoms. The van der Waals surface area contributed by atoms with E-state index in [0.717, 1.165) is 68.1 Å². The summed E-state index contributed by atoms with van der Waals surface area (Å²) in [6.07, 6.45) is 0.706. The number of nitrogens with zero attached hydrogens (tertiary/aromatic N) is 4. The Hall–Kier alpha value is -5.41. The number of nitro benzene ring substituents is 1. The third-order valence-electron chi connectivity index (χ3n) is 9.79. The van der Waals surface area contributed by atoms with E-state index in [1.807, 2.05) is 85.7 Å². The van der Waals surface area contributed by atoms with Gasteiger partial charge in [0.1, 0.15) is 5.69 Å². The van der Waals surface area contributed by atoms with Crippen LogP contribution in [0.5, 0.6) is 0 Å². The molecule has 1 atom stereocenters. The third kappa shape index (κ3) is 11.8. The summed E-state index contributed by atoms with van der Waals surface area (Å²) in [5.41, 5.74) is 4.51. The van der Waals surface area contributed by atoms with Crippen molar-refractivity contribution in [1.82, 2.24) is 14.5 Å². The maximum atomic E-state index is 13.4. The molecular formula is C43H49N7O5S2. The summed E-state index contributed by atoms with van der Waals surface area (Å²) in [7, 11) is -0.502. The Morgan fingerprint density at radius 3 is 2.19 bits per heavy atom. The minimum absolute atomic E-state index is 0.138. The topological polar surface area (TPSA) is 140 Å². The lowest BCUT2D eigenvalue weighted by Gasteiger charge is -2.36. The van der Waals surface area contributed by atoms with Crippen LogP contribution in [0.4, 0.5) is 22.7 Å². The van der Waals surface area contributed by atoms with Gasteiger partial charge >= 0.3 is 0 Å². The summed E-state index contributed by atoms with van der Waals surface area (Å²) in [5, 5.41) is 19.0. The molecule has 0 aliphatic carbocycles. The van der Waals surface area contributed by atoms with Gasteiger partial charge in [-0.05, 0) is 92.8 Å². The predicted molar refractivity (Wildman–Crippen MR) is 230 cm³/mol. The second-order valence-corrected chi connectivity index (χ2v) is 17.0. The minimum Gasteiger partial charge on any atom is -0.381 e. The van der Waals surface area contributed by atoms with Crippen molar-refractivity contribution >= 4 is 50.4 Å². The number of rotatable bonds is 18. The van der Waals surface area contributed by atoms with Crippen LogP contribution >= 0.6 is 11.8 Å². The van der Waals surface area contributed by atoms with Gasteiger partial charge in [-0.2, -0.15) is 0 Å². The Kier molecular flexibility index (Phi) is 14.2. The van der Waals surface area contributed by atoms with Crippen LogP contribution in [0.25, 0.3) is 0 Å². The van der Waals surface area contributed by atoms with E-state index in [9.17, 15) is 23.3 Å². The largest absolute Gasteiger partial charge is 0.381 e. The van der Waals surface area contributed by atoms with E-state index in [1.165, 1.54) is 23.3 Å². The fourth-order valence-electron chi connectivity index (χ4n) is 6.59. The highest BCUT2D eigenvalue weighted by atomic mass is 32.2. The SMILES string of the molecule is CN(C)CC[C@H](CSc1ccccc1)Nc1ccc(S(=O)(=O)NC(=O)c2ccc(N3CCN(Cc4ccccc4NCc4ccccc4)CC3)cc2)cc1[N+](=O)[O-]. The molecule has 0 bridgehead atoms. The van der Waals surface area contributed by atoms with E-state index in [4.69, 9.17) is 0 Å². The van der Waals surface area contributed by atoms with E-state index >= 15 is 0 Å². The molecule has 5 aromatic carbocycles. The molecule has 6 rings (SSSR count). The number of sulfonamides is 1. The maximum absolute atomic E-state index is 13.4. The number of thioether (sulfide) groups is 1. The van der Waals surface area contributed by atoms with E-state index < -0.39 is 26.5 Å². The zero-order valence-corrected chi connectivity index (χ0v) is 33.8. The van der Waals surface area contributed by atoms with Gasteiger partial charge in [0.25, 0.3) is 21.6 Å². The summed E-state index contributed by atoms with van der Waals surface area (Å²) in [5.74, 6) is -0.180. The molecular weight excluding hydrogens is 759 g/mol. The molecule has 1 aliphatic heterocycles. The van der Waals surface area contributed by atoms with Crippen molar-refractivity contribution in [3.63, 3.8) is 0 Å². The molecule has 1 heterocycles. The molecule has 0 radical (unpaired) electrons. The molecule has 1 amide bonds. The Morgan fingerprint density at radius 2 is 1.51 bits per heavy atom. The lowest BCUT2D eigenvalue weighted by molar-refractivity contribution is -0.384. The highest BCUT2D eigenvalue weighted by molar-refractivity contribution is 7.99. The van der Waals surface area contributed by atoms with Gasteiger partial charge in [-0.25, -0.2) is 13.1 Å². The van der Waals surface area contributed by atoms with Gasteiger partial charge in [-0.3, -0.25) is 19.8 Å². The molecule has 12 nitrogen and oxygen atoms in total. The Bertz CT molecular complexity index is 2200. The number of carbonyl (C=O) groups excluding carboxylic acids is 1. The number of hydrogen-bond acceptors (Lipinski definition) is 11. The highest BCUT2D eigenvalue weighted by Crippen LogP contribution is 2.30. The van der Waals surface area contributed by atoms with Gasteiger partial charge < -0.3 is 20.4 Å². The van der Waals surface area contributed by atoms with Crippen LogP contribution in [-0.2, 0) is 23.1 Å². The molecule has 0 spiro atoms. The molecule has 1 fully saturated rings. The molecule has 1 saturated heterocycles. The van der Waals surface area contributed by atoms with E-state index in [2.05, 4.69) is 55.5 Å². The standard InChI is InChI=1S/C43H49N7O5S2/c1-47(2)24-23-36(32-56-38-14-7-4-8-15-38)45-41-22-21-39(29-42(41)50(52)53)57(54,55)46-43(51)34-17-19-37(20-18-34)49-27-25-48(26-28-49)31-35-13-9-10-16-40(35)44-30-33-11-5-3-6-12-33/h3-22,29,36,44-45H,23-28,30-32H2,1-2H3,(H,46,51)/t36-/m1/s1. The quantitative estimate of drug-likeness (QED) is 0.0472. The van der Waals surface area contributed by atoms with E-state index in [0.29, 0.717) is 12.2 Å². The molecule has 3 N–H and O–H groups in total. The molecule has 14 heteroatoms. The van der Waals surface area contributed by atoms with Gasteiger partial charge in [-0.1, -0.05) is 66.7 Å². The predicted octanol–water partition coefficient (Wildman–Crippen LogP) is 7.17. The minimum atomic E-state index is -4.42. The fraction of sp³-hybridized carbons (Fsp3) is 0.279. The zero-order valence-electron chi connectivity index (χ0n) is 32.2. The highest BCUT2D eigenvalue weighted by Gasteiger charge is 2.26. The fourth-order valence-corrected chi connectivity index (χ4v) is 8.58. The number of nitrogens with one attached hydrogen (secondary N) is 3. The number of amides is 1. The number of hydrogen-bond donors (Lipinski definition) is 3. The first-order valence-electron chi connectivity index (χ1n) is 18.9. The number of nitro groups is 1. The van der Waals surface area contributed by atoms with Crippen LogP contribution in [-0.4, -0.2) is 87.7 Å². The zero-order chi connectivity index (χ0) is 40.2. The third-order valence-corrected chi connectivity index (χ3v) is 12.3. The van der Waals surface area contributed by atoms with Crippen molar-refractivity contribution in [1.29, 1.82) is 0 Å². The summed E-state index contributed by atoms with van der Waals surface area (Å²) in [4.78, 5) is 32.1. The average Bonchev–Trinajstić information content (AvgIpc) is 3.22. The second kappa shape index (κ2) is 19.6. The van der Waals surface area contributed by atoms with Crippen LogP contribution < -0.4 is 20.3 Å².